The molecule has 0 heterocycles. The van der Waals surface area contributed by atoms with Crippen LogP contribution in [0.1, 0.15) is 26.2 Å². The van der Waals surface area contributed by atoms with Crippen molar-refractivity contribution in [2.75, 3.05) is 6.54 Å². The van der Waals surface area contributed by atoms with Gasteiger partial charge >= 0.3 is 6.18 Å². The van der Waals surface area contributed by atoms with Crippen LogP contribution in [0, 0.1) is 0 Å². The molecule has 0 aliphatic rings. The predicted molar refractivity (Wildman–Crippen MR) is 46.6 cm³/mol. The van der Waals surface area contributed by atoms with Gasteiger partial charge in [0.2, 0.25) is 5.91 Å². The second-order valence-corrected chi connectivity index (χ2v) is 3.04. The van der Waals surface area contributed by atoms with Gasteiger partial charge in [0.1, 0.15) is 6.42 Å². The third kappa shape index (κ3) is 6.71. The summed E-state index contributed by atoms with van der Waals surface area (Å²) < 4.78 is 35.3. The molecule has 0 saturated heterocycles. The van der Waals surface area contributed by atoms with Crippen LogP contribution in [0.2, 0.25) is 0 Å². The molecule has 3 N–H and O–H groups in total. The first-order valence-electron chi connectivity index (χ1n) is 4.45. The van der Waals surface area contributed by atoms with Gasteiger partial charge in [-0.15, -0.1) is 0 Å². The Bertz CT molecular complexity index is 182. The molecule has 0 aliphatic heterocycles. The molecule has 0 rings (SSSR count). The number of carbonyl (C=O) groups excluding carboxylic acids is 1. The molecule has 0 spiro atoms. The average Bonchev–Trinajstić information content (AvgIpc) is 2.00. The lowest BCUT2D eigenvalue weighted by atomic mass is 10.1. The minimum absolute atomic E-state index is 0.255. The summed E-state index contributed by atoms with van der Waals surface area (Å²) in [6, 6.07) is -0.255. The van der Waals surface area contributed by atoms with E-state index in [0.717, 1.165) is 0 Å². The van der Waals surface area contributed by atoms with Gasteiger partial charge in [0.25, 0.3) is 0 Å². The minimum Gasteiger partial charge on any atom is -0.353 e. The van der Waals surface area contributed by atoms with Gasteiger partial charge in [-0.05, 0) is 19.4 Å². The smallest absolute Gasteiger partial charge is 0.353 e. The van der Waals surface area contributed by atoms with E-state index >= 15 is 0 Å². The Kier molecular flexibility index (Phi) is 5.52. The van der Waals surface area contributed by atoms with Gasteiger partial charge < -0.3 is 11.1 Å². The quantitative estimate of drug-likeness (QED) is 0.719. The molecule has 14 heavy (non-hydrogen) atoms. The van der Waals surface area contributed by atoms with Crippen molar-refractivity contribution in [2.45, 2.75) is 38.4 Å². The Morgan fingerprint density at radius 1 is 1.50 bits per heavy atom. The van der Waals surface area contributed by atoms with E-state index in [1.54, 1.807) is 6.92 Å². The maximum atomic E-state index is 11.8. The lowest BCUT2D eigenvalue weighted by Gasteiger charge is -2.16. The maximum Gasteiger partial charge on any atom is 0.397 e. The van der Waals surface area contributed by atoms with Crippen molar-refractivity contribution in [1.29, 1.82) is 0 Å². The number of hydrogen-bond acceptors (Lipinski definition) is 2. The van der Waals surface area contributed by atoms with Gasteiger partial charge in [-0.25, -0.2) is 0 Å². The molecular formula is C8H15F3N2O. The molecule has 0 aromatic carbocycles. The van der Waals surface area contributed by atoms with E-state index < -0.39 is 18.5 Å². The van der Waals surface area contributed by atoms with Crippen molar-refractivity contribution in [1.82, 2.24) is 5.32 Å². The lowest BCUT2D eigenvalue weighted by Crippen LogP contribution is -2.38. The molecule has 0 aromatic rings. The maximum absolute atomic E-state index is 11.8. The summed E-state index contributed by atoms with van der Waals surface area (Å²) in [5.74, 6) is -0.988. The molecule has 0 aromatic heterocycles. The second kappa shape index (κ2) is 5.85. The topological polar surface area (TPSA) is 55.1 Å². The number of amides is 1. The summed E-state index contributed by atoms with van der Waals surface area (Å²) >= 11 is 0. The van der Waals surface area contributed by atoms with E-state index in [1.165, 1.54) is 0 Å². The van der Waals surface area contributed by atoms with Crippen LogP contribution in [0.5, 0.6) is 0 Å². The van der Waals surface area contributed by atoms with E-state index in [2.05, 4.69) is 5.32 Å². The van der Waals surface area contributed by atoms with E-state index in [0.29, 0.717) is 19.4 Å². The second-order valence-electron chi connectivity index (χ2n) is 3.04. The first-order valence-corrected chi connectivity index (χ1v) is 4.45. The van der Waals surface area contributed by atoms with Gasteiger partial charge in [0, 0.05) is 6.04 Å². The summed E-state index contributed by atoms with van der Waals surface area (Å²) in [4.78, 5) is 10.8. The standard InChI is InChI=1S/C8H15F3N2O/c1-2-6(3-4-12)13-7(14)5-8(9,10)11/h6H,2-5,12H2,1H3,(H,13,14). The molecule has 0 bridgehead atoms. The monoisotopic (exact) mass is 212 g/mol. The Balaban J connectivity index is 3.91. The molecule has 1 atom stereocenters. The Hall–Kier alpha value is -0.780. The van der Waals surface area contributed by atoms with Crippen LogP contribution in [-0.2, 0) is 4.79 Å². The number of rotatable bonds is 5. The Labute approximate surface area is 80.8 Å². The molecule has 0 saturated carbocycles. The van der Waals surface area contributed by atoms with E-state index in [4.69, 9.17) is 5.73 Å². The molecule has 0 aliphatic carbocycles. The first kappa shape index (κ1) is 13.2. The van der Waals surface area contributed by atoms with Crippen molar-refractivity contribution < 1.29 is 18.0 Å². The number of carbonyl (C=O) groups is 1. The molecule has 6 heteroatoms. The van der Waals surface area contributed by atoms with Gasteiger partial charge in [-0.3, -0.25) is 4.79 Å². The van der Waals surface area contributed by atoms with Crippen LogP contribution in [0.4, 0.5) is 13.2 Å². The summed E-state index contributed by atoms with van der Waals surface area (Å²) in [5, 5.41) is 2.29. The zero-order chi connectivity index (χ0) is 11.2. The van der Waals surface area contributed by atoms with Gasteiger partial charge in [0.15, 0.2) is 0 Å². The van der Waals surface area contributed by atoms with E-state index in [1.807, 2.05) is 0 Å². The summed E-state index contributed by atoms with van der Waals surface area (Å²) in [7, 11) is 0. The highest BCUT2D eigenvalue weighted by Crippen LogP contribution is 2.19. The molecule has 0 fully saturated rings. The van der Waals surface area contributed by atoms with Crippen molar-refractivity contribution in [3.05, 3.63) is 0 Å². The molecule has 1 unspecified atom stereocenters. The first-order chi connectivity index (χ1) is 6.39. The van der Waals surface area contributed by atoms with Crippen LogP contribution in [0.3, 0.4) is 0 Å². The zero-order valence-electron chi connectivity index (χ0n) is 8.03. The highest BCUT2D eigenvalue weighted by Gasteiger charge is 2.31. The molecule has 1 amide bonds. The van der Waals surface area contributed by atoms with Crippen molar-refractivity contribution in [2.24, 2.45) is 5.73 Å². The fraction of sp³-hybridized carbons (Fsp3) is 0.875. The summed E-state index contributed by atoms with van der Waals surface area (Å²) in [5.41, 5.74) is 5.23. The van der Waals surface area contributed by atoms with Crippen molar-refractivity contribution in [3.8, 4) is 0 Å². The molecule has 84 valence electrons. The lowest BCUT2D eigenvalue weighted by molar-refractivity contribution is -0.154. The normalized spacial score (nSPS) is 13.8. The van der Waals surface area contributed by atoms with Crippen LogP contribution >= 0.6 is 0 Å². The largest absolute Gasteiger partial charge is 0.397 e. The van der Waals surface area contributed by atoms with Crippen molar-refractivity contribution in [3.63, 3.8) is 0 Å². The Morgan fingerprint density at radius 3 is 2.43 bits per heavy atom. The van der Waals surface area contributed by atoms with Crippen LogP contribution in [0.25, 0.3) is 0 Å². The fourth-order valence-electron chi connectivity index (χ4n) is 1.04. The minimum atomic E-state index is -4.44. The van der Waals surface area contributed by atoms with Gasteiger partial charge in [0.05, 0.1) is 0 Å². The summed E-state index contributed by atoms with van der Waals surface area (Å²) in [6.07, 6.45) is -4.78. The highest BCUT2D eigenvalue weighted by molar-refractivity contribution is 5.76. The van der Waals surface area contributed by atoms with E-state index in [9.17, 15) is 18.0 Å². The number of alkyl halides is 3. The molecular weight excluding hydrogens is 197 g/mol. The van der Waals surface area contributed by atoms with Gasteiger partial charge in [-0.2, -0.15) is 13.2 Å². The third-order valence-corrected chi connectivity index (χ3v) is 1.73. The SMILES string of the molecule is CCC(CCN)NC(=O)CC(F)(F)F. The van der Waals surface area contributed by atoms with Gasteiger partial charge in [-0.1, -0.05) is 6.92 Å². The molecule has 0 radical (unpaired) electrons. The molecule has 3 nitrogen and oxygen atoms in total. The van der Waals surface area contributed by atoms with E-state index in [-0.39, 0.29) is 6.04 Å². The number of halogens is 3. The van der Waals surface area contributed by atoms with Crippen LogP contribution < -0.4 is 11.1 Å². The average molecular weight is 212 g/mol. The highest BCUT2D eigenvalue weighted by atomic mass is 19.4. The van der Waals surface area contributed by atoms with Crippen LogP contribution in [-0.4, -0.2) is 24.7 Å². The Morgan fingerprint density at radius 2 is 2.07 bits per heavy atom. The third-order valence-electron chi connectivity index (χ3n) is 1.73. The van der Waals surface area contributed by atoms with Crippen LogP contribution in [0.15, 0.2) is 0 Å². The predicted octanol–water partition coefficient (Wildman–Crippen LogP) is 1.18. The zero-order valence-corrected chi connectivity index (χ0v) is 8.03. The fourth-order valence-corrected chi connectivity index (χ4v) is 1.04. The summed E-state index contributed by atoms with van der Waals surface area (Å²) in [6.45, 7) is 2.14. The number of nitrogens with one attached hydrogen (secondary N) is 1. The number of nitrogens with two attached hydrogens (primary N) is 1. The number of hydrogen-bond donors (Lipinski definition) is 2. The van der Waals surface area contributed by atoms with Crippen molar-refractivity contribution >= 4 is 5.91 Å².